The highest BCUT2D eigenvalue weighted by molar-refractivity contribution is 6.74. The molecule has 0 aliphatic rings. The van der Waals surface area contributed by atoms with Crippen molar-refractivity contribution >= 4 is 14.4 Å². The van der Waals surface area contributed by atoms with Gasteiger partial charge in [0.25, 0.3) is 0 Å². The van der Waals surface area contributed by atoms with Crippen LogP contribution in [0.5, 0.6) is 0 Å². The Labute approximate surface area is 219 Å². The molecule has 0 saturated heterocycles. The quantitative estimate of drug-likeness (QED) is 0.109. The summed E-state index contributed by atoms with van der Waals surface area (Å²) in [6, 6.07) is -0.549. The molecule has 0 radical (unpaired) electrons. The summed E-state index contributed by atoms with van der Waals surface area (Å²) < 4.78 is 12.0. The van der Waals surface area contributed by atoms with E-state index in [0.717, 1.165) is 12.8 Å². The molecule has 0 aromatic carbocycles. The molecule has 0 bridgehead atoms. The Kier molecular flexibility index (Phi) is 17.1. The van der Waals surface area contributed by atoms with Crippen molar-refractivity contribution in [2.24, 2.45) is 0 Å². The summed E-state index contributed by atoms with van der Waals surface area (Å²) in [5, 5.41) is 12.9. The van der Waals surface area contributed by atoms with Crippen LogP contribution in [-0.2, 0) is 9.16 Å². The molecular weight excluding hydrogens is 454 g/mol. The van der Waals surface area contributed by atoms with E-state index in [0.29, 0.717) is 0 Å². The fourth-order valence-corrected chi connectivity index (χ4v) is 4.90. The van der Waals surface area contributed by atoms with Gasteiger partial charge in [-0.3, -0.25) is 0 Å². The summed E-state index contributed by atoms with van der Waals surface area (Å²) in [6.45, 7) is 18.5. The summed E-state index contributed by atoms with van der Waals surface area (Å²) in [4.78, 5) is 12.4. The van der Waals surface area contributed by atoms with Crippen LogP contribution < -0.4 is 5.32 Å². The molecular formula is C29H59NO4Si. The first-order chi connectivity index (χ1) is 16.2. The highest BCUT2D eigenvalue weighted by Crippen LogP contribution is 2.37. The van der Waals surface area contributed by atoms with Gasteiger partial charge in [0.05, 0.1) is 18.8 Å². The molecule has 0 fully saturated rings. The molecule has 2 atom stereocenters. The van der Waals surface area contributed by atoms with Crippen LogP contribution in [0.2, 0.25) is 18.1 Å². The molecule has 1 amide bonds. The number of aliphatic hydroxyl groups excluding tert-OH is 1. The zero-order valence-electron chi connectivity index (χ0n) is 24.7. The van der Waals surface area contributed by atoms with E-state index in [9.17, 15) is 9.90 Å². The van der Waals surface area contributed by atoms with E-state index < -0.39 is 26.1 Å². The van der Waals surface area contributed by atoms with Crippen LogP contribution in [0.4, 0.5) is 4.79 Å². The molecule has 2 N–H and O–H groups in total. The van der Waals surface area contributed by atoms with Crippen molar-refractivity contribution in [2.45, 2.75) is 161 Å². The molecule has 2 unspecified atom stereocenters. The Balaban J connectivity index is 4.71. The predicted octanol–water partition coefficient (Wildman–Crippen LogP) is 8.52. The number of ether oxygens (including phenoxy) is 1. The molecule has 0 rings (SSSR count). The minimum atomic E-state index is -2.10. The van der Waals surface area contributed by atoms with Crippen molar-refractivity contribution < 1.29 is 19.1 Å². The van der Waals surface area contributed by atoms with E-state index >= 15 is 0 Å². The SMILES string of the molecule is CCCCCCCCCCCCCC=CC(O[Si](C)(C)C(C)(C)C)C(CO)NC(=O)OC(C)(C)C. The summed E-state index contributed by atoms with van der Waals surface area (Å²) in [6.07, 6.45) is 18.9. The Morgan fingerprint density at radius 2 is 1.37 bits per heavy atom. The number of hydrogen-bond acceptors (Lipinski definition) is 4. The van der Waals surface area contributed by atoms with Crippen molar-refractivity contribution in [3.8, 4) is 0 Å². The van der Waals surface area contributed by atoms with Crippen LogP contribution in [-0.4, -0.2) is 43.9 Å². The van der Waals surface area contributed by atoms with Crippen molar-refractivity contribution in [3.05, 3.63) is 12.2 Å². The number of nitrogens with one attached hydrogen (secondary N) is 1. The number of carbonyl (C=O) groups is 1. The van der Waals surface area contributed by atoms with Gasteiger partial charge in [-0.05, 0) is 51.7 Å². The van der Waals surface area contributed by atoms with Crippen LogP contribution in [0.15, 0.2) is 12.2 Å². The average Bonchev–Trinajstić information content (AvgIpc) is 2.72. The third-order valence-corrected chi connectivity index (χ3v) is 11.3. The Hall–Kier alpha value is -0.853. The second-order valence-corrected chi connectivity index (χ2v) is 17.3. The number of hydrogen-bond donors (Lipinski definition) is 2. The van der Waals surface area contributed by atoms with E-state index in [2.05, 4.69) is 52.2 Å². The maximum Gasteiger partial charge on any atom is 0.408 e. The van der Waals surface area contributed by atoms with Crippen molar-refractivity contribution in [1.82, 2.24) is 5.32 Å². The van der Waals surface area contributed by atoms with E-state index in [1.807, 2.05) is 26.8 Å². The third kappa shape index (κ3) is 17.3. The maximum atomic E-state index is 12.4. The van der Waals surface area contributed by atoms with Gasteiger partial charge in [-0.15, -0.1) is 0 Å². The number of unbranched alkanes of at least 4 members (excludes halogenated alkanes) is 11. The molecule has 0 aliphatic heterocycles. The molecule has 5 nitrogen and oxygen atoms in total. The molecule has 6 heteroatoms. The molecule has 0 saturated carbocycles. The fraction of sp³-hybridized carbons (Fsp3) is 0.897. The Bertz CT molecular complexity index is 578. The zero-order chi connectivity index (χ0) is 27.0. The molecule has 0 aliphatic carbocycles. The normalized spacial score (nSPS) is 14.8. The summed E-state index contributed by atoms with van der Waals surface area (Å²) in [5.41, 5.74) is -0.592. The first-order valence-electron chi connectivity index (χ1n) is 14.2. The molecule has 208 valence electrons. The van der Waals surface area contributed by atoms with Gasteiger partial charge < -0.3 is 19.6 Å². The smallest absolute Gasteiger partial charge is 0.408 e. The monoisotopic (exact) mass is 513 g/mol. The minimum Gasteiger partial charge on any atom is -0.444 e. The van der Waals surface area contributed by atoms with Gasteiger partial charge in [0.15, 0.2) is 8.32 Å². The molecule has 0 spiro atoms. The maximum absolute atomic E-state index is 12.4. The topological polar surface area (TPSA) is 67.8 Å². The number of amides is 1. The highest BCUT2D eigenvalue weighted by Gasteiger charge is 2.40. The van der Waals surface area contributed by atoms with Gasteiger partial charge in [0, 0.05) is 0 Å². The van der Waals surface area contributed by atoms with Crippen LogP contribution in [0, 0.1) is 0 Å². The number of aliphatic hydroxyl groups is 1. The van der Waals surface area contributed by atoms with Crippen LogP contribution in [0.3, 0.4) is 0 Å². The first-order valence-corrected chi connectivity index (χ1v) is 17.1. The van der Waals surface area contributed by atoms with E-state index in [1.54, 1.807) is 0 Å². The lowest BCUT2D eigenvalue weighted by atomic mass is 10.0. The van der Waals surface area contributed by atoms with Gasteiger partial charge in [-0.2, -0.15) is 0 Å². The van der Waals surface area contributed by atoms with Crippen molar-refractivity contribution in [1.29, 1.82) is 0 Å². The fourth-order valence-electron chi connectivity index (χ4n) is 3.62. The lowest BCUT2D eigenvalue weighted by Crippen LogP contribution is -2.53. The summed E-state index contributed by atoms with van der Waals surface area (Å²) in [7, 11) is -2.10. The van der Waals surface area contributed by atoms with Crippen molar-refractivity contribution in [2.75, 3.05) is 6.61 Å². The molecule has 0 aromatic heterocycles. The van der Waals surface area contributed by atoms with Gasteiger partial charge in [-0.25, -0.2) is 4.79 Å². The van der Waals surface area contributed by atoms with E-state index in [4.69, 9.17) is 9.16 Å². The largest absolute Gasteiger partial charge is 0.444 e. The molecule has 0 heterocycles. The minimum absolute atomic E-state index is 0.0288. The number of alkyl carbamates (subject to hydrolysis) is 1. The average molecular weight is 514 g/mol. The number of carbonyl (C=O) groups excluding carboxylic acids is 1. The highest BCUT2D eigenvalue weighted by atomic mass is 28.4. The molecule has 35 heavy (non-hydrogen) atoms. The Morgan fingerprint density at radius 1 is 0.886 bits per heavy atom. The second kappa shape index (κ2) is 17.6. The van der Waals surface area contributed by atoms with E-state index in [1.165, 1.54) is 64.2 Å². The van der Waals surface area contributed by atoms with Crippen LogP contribution >= 0.6 is 0 Å². The number of allylic oxidation sites excluding steroid dienone is 1. The standard InChI is InChI=1S/C29H59NO4Si/c1-10-11-12-13-14-15-16-17-18-19-20-21-22-23-26(34-35(8,9)29(5,6)7)25(24-31)30-27(32)33-28(2,3)4/h22-23,25-26,31H,10-21,24H2,1-9H3,(H,30,32). The second-order valence-electron chi connectivity index (χ2n) is 12.5. The van der Waals surface area contributed by atoms with Crippen LogP contribution in [0.25, 0.3) is 0 Å². The van der Waals surface area contributed by atoms with Gasteiger partial charge in [0.1, 0.15) is 5.60 Å². The molecule has 0 aromatic rings. The zero-order valence-corrected chi connectivity index (χ0v) is 25.7. The third-order valence-electron chi connectivity index (χ3n) is 6.83. The summed E-state index contributed by atoms with van der Waals surface area (Å²) >= 11 is 0. The summed E-state index contributed by atoms with van der Waals surface area (Å²) in [5.74, 6) is 0. The lowest BCUT2D eigenvalue weighted by Gasteiger charge is -2.40. The first kappa shape index (κ1) is 34.1. The van der Waals surface area contributed by atoms with E-state index in [-0.39, 0.29) is 17.7 Å². The number of rotatable bonds is 18. The van der Waals surface area contributed by atoms with Crippen molar-refractivity contribution in [3.63, 3.8) is 0 Å². The Morgan fingerprint density at radius 3 is 1.80 bits per heavy atom. The predicted molar refractivity (Wildman–Crippen MR) is 153 cm³/mol. The van der Waals surface area contributed by atoms with Gasteiger partial charge >= 0.3 is 6.09 Å². The van der Waals surface area contributed by atoms with Crippen LogP contribution in [0.1, 0.15) is 126 Å². The lowest BCUT2D eigenvalue weighted by molar-refractivity contribution is 0.0415. The van der Waals surface area contributed by atoms with Gasteiger partial charge in [-0.1, -0.05) is 104 Å². The van der Waals surface area contributed by atoms with Gasteiger partial charge in [0.2, 0.25) is 0 Å².